The quantitative estimate of drug-likeness (QED) is 0.661. The predicted octanol–water partition coefficient (Wildman–Crippen LogP) is 5.11. The molecule has 4 heteroatoms. The average Bonchev–Trinajstić information content (AvgIpc) is 2.92. The summed E-state index contributed by atoms with van der Waals surface area (Å²) in [6.45, 7) is 9.00. The molecule has 2 heterocycles. The fourth-order valence-electron chi connectivity index (χ4n) is 3.85. The van der Waals surface area contributed by atoms with Crippen LogP contribution in [-0.2, 0) is 12.8 Å². The summed E-state index contributed by atoms with van der Waals surface area (Å²) in [6.07, 6.45) is 3.21. The van der Waals surface area contributed by atoms with E-state index in [9.17, 15) is 4.79 Å². The number of nitrogens with one attached hydrogen (secondary N) is 1. The topological polar surface area (TPSA) is 45.8 Å². The number of thiophene rings is 1. The highest BCUT2D eigenvalue weighted by molar-refractivity contribution is 7.18. The summed E-state index contributed by atoms with van der Waals surface area (Å²) in [5.41, 5.74) is 3.69. The normalized spacial score (nSPS) is 17.7. The Balaban J connectivity index is 1.83. The molecule has 0 spiro atoms. The highest BCUT2D eigenvalue weighted by atomic mass is 32.1. The molecule has 1 aromatic carbocycles. The molecular weight excluding hydrogens is 328 g/mol. The molecule has 1 N–H and O–H groups in total. The molecule has 0 saturated heterocycles. The highest BCUT2D eigenvalue weighted by Crippen LogP contribution is 2.42. The second kappa shape index (κ2) is 5.80. The maximum atomic E-state index is 12.8. The van der Waals surface area contributed by atoms with Gasteiger partial charge in [0.1, 0.15) is 10.7 Å². The van der Waals surface area contributed by atoms with Gasteiger partial charge in [0.2, 0.25) is 0 Å². The lowest BCUT2D eigenvalue weighted by Crippen LogP contribution is -2.26. The zero-order valence-corrected chi connectivity index (χ0v) is 16.1. The molecule has 0 saturated carbocycles. The first kappa shape index (κ1) is 16.5. The predicted molar refractivity (Wildman–Crippen MR) is 105 cm³/mol. The maximum Gasteiger partial charge on any atom is 0.260 e. The molecule has 3 nitrogen and oxygen atoms in total. The number of hydrogen-bond donors (Lipinski definition) is 1. The standard InChI is InChI=1S/C21H24N2OS/c1-12-6-5-7-13(10-12)18-22-19(24)17-15-9-8-14(21(2,3)4)11-16(15)25-20(17)23-18/h5-7,10,14H,8-9,11H2,1-4H3,(H,22,23,24). The number of H-pyrrole nitrogens is 1. The lowest BCUT2D eigenvalue weighted by atomic mass is 9.72. The van der Waals surface area contributed by atoms with Gasteiger partial charge in [-0.05, 0) is 49.1 Å². The average molecular weight is 353 g/mol. The zero-order chi connectivity index (χ0) is 17.8. The lowest BCUT2D eigenvalue weighted by Gasteiger charge is -2.33. The van der Waals surface area contributed by atoms with Crippen molar-refractivity contribution in [1.82, 2.24) is 9.97 Å². The summed E-state index contributed by atoms with van der Waals surface area (Å²) in [5, 5.41) is 0.823. The van der Waals surface area contributed by atoms with Crippen molar-refractivity contribution in [2.75, 3.05) is 0 Å². The molecule has 2 aromatic heterocycles. The van der Waals surface area contributed by atoms with Crippen LogP contribution in [0.3, 0.4) is 0 Å². The van der Waals surface area contributed by atoms with Crippen LogP contribution in [0.4, 0.5) is 0 Å². The third-order valence-corrected chi connectivity index (χ3v) is 6.58. The monoisotopic (exact) mass is 352 g/mol. The molecule has 1 aliphatic carbocycles. The first-order valence-electron chi connectivity index (χ1n) is 8.94. The van der Waals surface area contributed by atoms with Crippen LogP contribution in [-0.4, -0.2) is 9.97 Å². The third-order valence-electron chi connectivity index (χ3n) is 5.44. The number of nitrogens with zero attached hydrogens (tertiary/aromatic N) is 1. The van der Waals surface area contributed by atoms with Gasteiger partial charge in [0.05, 0.1) is 5.39 Å². The van der Waals surface area contributed by atoms with E-state index in [-0.39, 0.29) is 5.56 Å². The second-order valence-electron chi connectivity index (χ2n) is 8.27. The first-order valence-corrected chi connectivity index (χ1v) is 9.76. The minimum Gasteiger partial charge on any atom is -0.306 e. The molecule has 0 radical (unpaired) electrons. The molecule has 1 aliphatic rings. The van der Waals surface area contributed by atoms with Crippen LogP contribution in [0.25, 0.3) is 21.6 Å². The molecule has 130 valence electrons. The largest absolute Gasteiger partial charge is 0.306 e. The Hall–Kier alpha value is -1.94. The summed E-state index contributed by atoms with van der Waals surface area (Å²) < 4.78 is 0. The number of aromatic amines is 1. The van der Waals surface area contributed by atoms with Crippen LogP contribution < -0.4 is 5.56 Å². The van der Waals surface area contributed by atoms with Crippen LogP contribution in [0, 0.1) is 18.3 Å². The first-order chi connectivity index (χ1) is 11.8. The van der Waals surface area contributed by atoms with Crippen LogP contribution >= 0.6 is 11.3 Å². The van der Waals surface area contributed by atoms with Gasteiger partial charge in [-0.25, -0.2) is 4.98 Å². The maximum absolute atomic E-state index is 12.8. The van der Waals surface area contributed by atoms with Gasteiger partial charge in [0, 0.05) is 10.4 Å². The van der Waals surface area contributed by atoms with E-state index in [2.05, 4.69) is 44.8 Å². The Morgan fingerprint density at radius 3 is 2.80 bits per heavy atom. The summed E-state index contributed by atoms with van der Waals surface area (Å²) in [5.74, 6) is 1.34. The number of benzene rings is 1. The van der Waals surface area contributed by atoms with E-state index in [0.29, 0.717) is 17.2 Å². The SMILES string of the molecule is Cc1cccc(-c2nc3sc4c(c3c(=O)[nH]2)CCC(C(C)(C)C)C4)c1. The van der Waals surface area contributed by atoms with Crippen LogP contribution in [0.2, 0.25) is 0 Å². The van der Waals surface area contributed by atoms with Gasteiger partial charge < -0.3 is 4.98 Å². The number of hydrogen-bond acceptors (Lipinski definition) is 3. The number of fused-ring (bicyclic) bond motifs is 3. The lowest BCUT2D eigenvalue weighted by molar-refractivity contribution is 0.218. The van der Waals surface area contributed by atoms with Crippen LogP contribution in [0.1, 0.15) is 43.2 Å². The molecule has 0 fully saturated rings. The Bertz CT molecular complexity index is 1010. The Kier molecular flexibility index (Phi) is 3.84. The number of aromatic nitrogens is 2. The van der Waals surface area contributed by atoms with E-state index >= 15 is 0 Å². The van der Waals surface area contributed by atoms with Crippen molar-refractivity contribution in [3.63, 3.8) is 0 Å². The van der Waals surface area contributed by atoms with Crippen molar-refractivity contribution < 1.29 is 0 Å². The minimum atomic E-state index is 0.00761. The highest BCUT2D eigenvalue weighted by Gasteiger charge is 2.31. The molecular formula is C21H24N2OS. The third kappa shape index (κ3) is 2.93. The second-order valence-corrected chi connectivity index (χ2v) is 9.36. The molecule has 25 heavy (non-hydrogen) atoms. The van der Waals surface area contributed by atoms with Crippen molar-refractivity contribution in [3.8, 4) is 11.4 Å². The van der Waals surface area contributed by atoms with Gasteiger partial charge in [0.15, 0.2) is 0 Å². The molecule has 1 unspecified atom stereocenters. The fraction of sp³-hybridized carbons (Fsp3) is 0.429. The van der Waals surface area contributed by atoms with Gasteiger partial charge in [-0.1, -0.05) is 44.5 Å². The van der Waals surface area contributed by atoms with Crippen molar-refractivity contribution in [2.24, 2.45) is 11.3 Å². The summed E-state index contributed by atoms with van der Waals surface area (Å²) in [4.78, 5) is 22.8. The fourth-order valence-corrected chi connectivity index (χ4v) is 5.15. The van der Waals surface area contributed by atoms with E-state index in [4.69, 9.17) is 4.98 Å². The molecule has 0 bridgehead atoms. The van der Waals surface area contributed by atoms with Crippen LogP contribution in [0.5, 0.6) is 0 Å². The number of rotatable bonds is 1. The van der Waals surface area contributed by atoms with E-state index in [1.54, 1.807) is 11.3 Å². The van der Waals surface area contributed by atoms with E-state index in [0.717, 1.165) is 35.0 Å². The van der Waals surface area contributed by atoms with Crippen molar-refractivity contribution >= 4 is 21.6 Å². The van der Waals surface area contributed by atoms with E-state index < -0.39 is 0 Å². The Morgan fingerprint density at radius 2 is 2.08 bits per heavy atom. The van der Waals surface area contributed by atoms with Gasteiger partial charge in [-0.15, -0.1) is 11.3 Å². The molecule has 4 rings (SSSR count). The summed E-state index contributed by atoms with van der Waals surface area (Å²) in [7, 11) is 0. The van der Waals surface area contributed by atoms with Crippen molar-refractivity contribution in [2.45, 2.75) is 47.0 Å². The smallest absolute Gasteiger partial charge is 0.260 e. The summed E-state index contributed by atoms with van der Waals surface area (Å²) >= 11 is 1.72. The Morgan fingerprint density at radius 1 is 1.28 bits per heavy atom. The molecule has 3 aromatic rings. The van der Waals surface area contributed by atoms with Crippen LogP contribution in [0.15, 0.2) is 29.1 Å². The van der Waals surface area contributed by atoms with Crippen molar-refractivity contribution in [1.29, 1.82) is 0 Å². The molecule has 1 atom stereocenters. The number of aryl methyl sites for hydroxylation is 2. The molecule has 0 amide bonds. The van der Waals surface area contributed by atoms with E-state index in [1.807, 2.05) is 12.1 Å². The molecule has 0 aliphatic heterocycles. The van der Waals surface area contributed by atoms with Gasteiger partial charge in [-0.3, -0.25) is 4.79 Å². The van der Waals surface area contributed by atoms with Gasteiger partial charge >= 0.3 is 0 Å². The van der Waals surface area contributed by atoms with Crippen molar-refractivity contribution in [3.05, 3.63) is 50.6 Å². The minimum absolute atomic E-state index is 0.00761. The van der Waals surface area contributed by atoms with Gasteiger partial charge in [0.25, 0.3) is 5.56 Å². The van der Waals surface area contributed by atoms with E-state index in [1.165, 1.54) is 16.0 Å². The van der Waals surface area contributed by atoms with Gasteiger partial charge in [-0.2, -0.15) is 0 Å². The summed E-state index contributed by atoms with van der Waals surface area (Å²) in [6, 6.07) is 8.12. The Labute approximate surface area is 152 Å². The zero-order valence-electron chi connectivity index (χ0n) is 15.3.